The minimum absolute atomic E-state index is 0.522. The first-order valence-corrected chi connectivity index (χ1v) is 21.5. The summed E-state index contributed by atoms with van der Waals surface area (Å²) in [6, 6.07) is 83.4. The number of rotatable bonds is 10. The lowest BCUT2D eigenvalue weighted by atomic mass is 9.58. The van der Waals surface area contributed by atoms with E-state index >= 15 is 0 Å². The molecule has 0 saturated heterocycles. The van der Waals surface area contributed by atoms with Crippen molar-refractivity contribution in [3.05, 3.63) is 259 Å². The second-order valence-corrected chi connectivity index (χ2v) is 17.8. The smallest absolute Gasteiger partial charge is 0.115 e. The molecule has 0 aliphatic heterocycles. The minimum atomic E-state index is -2.41. The third kappa shape index (κ3) is 6.68. The van der Waals surface area contributed by atoms with Crippen LogP contribution in [0.2, 0.25) is 0 Å². The van der Waals surface area contributed by atoms with Crippen LogP contribution in [0.25, 0.3) is 22.3 Å². The maximum Gasteiger partial charge on any atom is 0.115 e. The number of benzene rings is 9. The summed E-state index contributed by atoms with van der Waals surface area (Å²) < 4.78 is 0. The third-order valence-electron chi connectivity index (χ3n) is 11.4. The van der Waals surface area contributed by atoms with Crippen molar-refractivity contribution in [3.63, 3.8) is 0 Å². The summed E-state index contributed by atoms with van der Waals surface area (Å²) in [5.41, 5.74) is 9.04. The van der Waals surface area contributed by atoms with Crippen LogP contribution in [0.3, 0.4) is 0 Å². The van der Waals surface area contributed by atoms with Crippen molar-refractivity contribution in [1.82, 2.24) is 0 Å². The van der Waals surface area contributed by atoms with Crippen LogP contribution in [0.1, 0.15) is 22.3 Å². The summed E-state index contributed by atoms with van der Waals surface area (Å²) in [6.45, 7) is 0. The summed E-state index contributed by atoms with van der Waals surface area (Å²) >= 11 is 0. The molecule has 4 heteroatoms. The van der Waals surface area contributed by atoms with E-state index in [1.165, 1.54) is 0 Å². The van der Waals surface area contributed by atoms with Gasteiger partial charge in [-0.25, -0.2) is 0 Å². The van der Waals surface area contributed by atoms with Crippen molar-refractivity contribution >= 4 is 50.0 Å². The SMILES string of the molecule is [B]c1cc([B])c(S(c2ccccc2)(c2ccccc2)c2cccc(-c3ccccc3)c2)c([B])c1C(c1ccccc1)(c1ccccc1)c1cccc(-c2ccccc2)c1. The van der Waals surface area contributed by atoms with Gasteiger partial charge in [0.25, 0.3) is 0 Å². The molecule has 0 bridgehead atoms. The molecule has 9 rings (SSSR count). The van der Waals surface area contributed by atoms with Gasteiger partial charge in [0, 0.05) is 14.7 Å². The highest BCUT2D eigenvalue weighted by molar-refractivity contribution is 8.34. The second-order valence-electron chi connectivity index (χ2n) is 14.7. The van der Waals surface area contributed by atoms with Gasteiger partial charge in [0.2, 0.25) is 0 Å². The molecule has 0 nitrogen and oxygen atoms in total. The molecule has 0 aliphatic carbocycles. The molecule has 0 spiro atoms. The molecule has 9 aromatic carbocycles. The molecule has 0 atom stereocenters. The Morgan fingerprint density at radius 1 is 0.305 bits per heavy atom. The molecule has 0 saturated carbocycles. The van der Waals surface area contributed by atoms with Crippen molar-refractivity contribution in [1.29, 1.82) is 0 Å². The molecule has 0 fully saturated rings. The van der Waals surface area contributed by atoms with Gasteiger partial charge in [0.15, 0.2) is 0 Å². The van der Waals surface area contributed by atoms with Crippen LogP contribution in [0.5, 0.6) is 0 Å². The summed E-state index contributed by atoms with van der Waals surface area (Å²) in [5, 5.41) is 0. The van der Waals surface area contributed by atoms with E-state index < -0.39 is 15.4 Å². The van der Waals surface area contributed by atoms with Crippen LogP contribution in [0.4, 0.5) is 0 Å². The molecule has 0 amide bonds. The Labute approximate surface area is 354 Å². The van der Waals surface area contributed by atoms with Crippen LogP contribution in [-0.4, -0.2) is 23.5 Å². The van der Waals surface area contributed by atoms with E-state index in [4.69, 9.17) is 23.5 Å². The maximum absolute atomic E-state index is 8.04. The van der Waals surface area contributed by atoms with E-state index in [2.05, 4.69) is 224 Å². The molecule has 0 N–H and O–H groups in total. The zero-order valence-corrected chi connectivity index (χ0v) is 33.5. The van der Waals surface area contributed by atoms with E-state index in [1.807, 2.05) is 12.1 Å². The van der Waals surface area contributed by atoms with E-state index in [1.54, 1.807) is 0 Å². The molecule has 274 valence electrons. The van der Waals surface area contributed by atoms with Gasteiger partial charge in [0.1, 0.15) is 23.5 Å². The second kappa shape index (κ2) is 16.4. The predicted octanol–water partition coefficient (Wildman–Crippen LogP) is 11.1. The highest BCUT2D eigenvalue weighted by Gasteiger charge is 2.43. The lowest BCUT2D eigenvalue weighted by Crippen LogP contribution is -2.45. The lowest BCUT2D eigenvalue weighted by molar-refractivity contribution is 0.754. The fraction of sp³-hybridized carbons (Fsp3) is 0.0182. The van der Waals surface area contributed by atoms with Crippen LogP contribution in [0, 0.1) is 0 Å². The van der Waals surface area contributed by atoms with E-state index in [0.29, 0.717) is 16.4 Å². The molecule has 0 aromatic heterocycles. The normalized spacial score (nSPS) is 11.9. The van der Waals surface area contributed by atoms with Gasteiger partial charge in [-0.15, -0.1) is 10.0 Å². The molecule has 0 heterocycles. The summed E-state index contributed by atoms with van der Waals surface area (Å²) in [7, 11) is 20.5. The highest BCUT2D eigenvalue weighted by Crippen LogP contribution is 2.73. The molecule has 9 aromatic rings. The minimum Gasteiger partial charge on any atom is -0.134 e. The fourth-order valence-corrected chi connectivity index (χ4v) is 13.0. The molecule has 6 radical (unpaired) electrons. The first-order valence-electron chi connectivity index (χ1n) is 19.9. The van der Waals surface area contributed by atoms with Crippen LogP contribution >= 0.6 is 10.0 Å². The zero-order valence-electron chi connectivity index (χ0n) is 32.7. The quantitative estimate of drug-likeness (QED) is 0.0961. The molecule has 59 heavy (non-hydrogen) atoms. The number of hydrogen-bond acceptors (Lipinski definition) is 0. The first-order chi connectivity index (χ1) is 29.0. The Kier molecular flexibility index (Phi) is 10.6. The Balaban J connectivity index is 1.46. The number of hydrogen-bond donors (Lipinski definition) is 0. The van der Waals surface area contributed by atoms with E-state index in [-0.39, 0.29) is 0 Å². The van der Waals surface area contributed by atoms with Crippen LogP contribution < -0.4 is 16.4 Å². The van der Waals surface area contributed by atoms with Gasteiger partial charge >= 0.3 is 0 Å². The summed E-state index contributed by atoms with van der Waals surface area (Å²) in [5.74, 6) is 0. The highest BCUT2D eigenvalue weighted by atomic mass is 32.3. The standard InChI is InChI=1S/C55H39B3S/c56-50-39-51(57)54(59(47-32-15-5-16-33-47,48-34-17-6-18-35-48)49-36-20-26-43(38-49)41-23-9-2-10-24-41)53(58)52(50)55(44-27-11-3-12-28-44,45-29-13-4-14-30-45)46-31-19-25-42(37-46)40-21-7-1-8-22-40/h1-39H. The van der Waals surface area contributed by atoms with E-state index in [9.17, 15) is 0 Å². The molecule has 0 aliphatic rings. The summed E-state index contributed by atoms with van der Waals surface area (Å²) in [6.07, 6.45) is 0. The van der Waals surface area contributed by atoms with Crippen LogP contribution in [0.15, 0.2) is 256 Å². The van der Waals surface area contributed by atoms with Crippen molar-refractivity contribution < 1.29 is 0 Å². The largest absolute Gasteiger partial charge is 0.134 e. The van der Waals surface area contributed by atoms with Crippen molar-refractivity contribution in [2.24, 2.45) is 0 Å². The lowest BCUT2D eigenvalue weighted by Gasteiger charge is -2.47. The van der Waals surface area contributed by atoms with Gasteiger partial charge in [-0.1, -0.05) is 211 Å². The monoisotopic (exact) mass is 764 g/mol. The molecule has 0 unspecified atom stereocenters. The Bertz CT molecular complexity index is 2560. The first kappa shape index (κ1) is 38.1. The average Bonchev–Trinajstić information content (AvgIpc) is 3.31. The zero-order chi connectivity index (χ0) is 40.2. The van der Waals surface area contributed by atoms with E-state index in [0.717, 1.165) is 64.1 Å². The molecular formula is C55H39B3S. The van der Waals surface area contributed by atoms with Gasteiger partial charge in [-0.2, -0.15) is 0 Å². The van der Waals surface area contributed by atoms with Gasteiger partial charge in [0.05, 0.1) is 5.41 Å². The fourth-order valence-electron chi connectivity index (χ4n) is 8.87. The van der Waals surface area contributed by atoms with Crippen molar-refractivity contribution in [2.45, 2.75) is 25.0 Å². The Morgan fingerprint density at radius 3 is 1.17 bits per heavy atom. The summed E-state index contributed by atoms with van der Waals surface area (Å²) in [4.78, 5) is 4.20. The van der Waals surface area contributed by atoms with Gasteiger partial charge in [-0.05, 0) is 91.9 Å². The maximum atomic E-state index is 8.04. The van der Waals surface area contributed by atoms with Crippen LogP contribution in [-0.2, 0) is 5.41 Å². The van der Waals surface area contributed by atoms with Crippen molar-refractivity contribution in [2.75, 3.05) is 0 Å². The van der Waals surface area contributed by atoms with Crippen molar-refractivity contribution in [3.8, 4) is 22.3 Å². The topological polar surface area (TPSA) is 0 Å². The third-order valence-corrected chi connectivity index (χ3v) is 15.3. The predicted molar refractivity (Wildman–Crippen MR) is 252 cm³/mol. The van der Waals surface area contributed by atoms with Gasteiger partial charge < -0.3 is 0 Å². The Hall–Kier alpha value is -6.48. The molecular weight excluding hydrogens is 725 g/mol. The Morgan fingerprint density at radius 2 is 0.678 bits per heavy atom. The average molecular weight is 764 g/mol. The van der Waals surface area contributed by atoms with Gasteiger partial charge in [-0.3, -0.25) is 0 Å².